The maximum absolute atomic E-state index is 13.1. The van der Waals surface area contributed by atoms with Crippen molar-refractivity contribution in [3.63, 3.8) is 0 Å². The summed E-state index contributed by atoms with van der Waals surface area (Å²) < 4.78 is 31.4. The van der Waals surface area contributed by atoms with Gasteiger partial charge in [0, 0.05) is 19.2 Å². The van der Waals surface area contributed by atoms with Gasteiger partial charge in [-0.3, -0.25) is 0 Å². The Kier molecular flexibility index (Phi) is 8.60. The van der Waals surface area contributed by atoms with E-state index >= 15 is 0 Å². The highest BCUT2D eigenvalue weighted by atomic mass is 127. The van der Waals surface area contributed by atoms with Crippen molar-refractivity contribution >= 4 is 29.9 Å². The molecular weight excluding hydrogens is 415 g/mol. The smallest absolute Gasteiger partial charge is 0.191 e. The van der Waals surface area contributed by atoms with Gasteiger partial charge in [-0.1, -0.05) is 0 Å². The van der Waals surface area contributed by atoms with Crippen LogP contribution in [0.5, 0.6) is 0 Å². The number of halogens is 3. The minimum Gasteiger partial charge on any atom is -0.467 e. The van der Waals surface area contributed by atoms with Gasteiger partial charge in [-0.05, 0) is 43.2 Å². The summed E-state index contributed by atoms with van der Waals surface area (Å²) in [6, 6.07) is 7.19. The van der Waals surface area contributed by atoms with Crippen LogP contribution in [0.2, 0.25) is 0 Å². The van der Waals surface area contributed by atoms with Crippen LogP contribution in [0.4, 0.5) is 8.78 Å². The van der Waals surface area contributed by atoms with Gasteiger partial charge in [0.25, 0.3) is 0 Å². The minimum absolute atomic E-state index is 0. The molecule has 0 aliphatic heterocycles. The fourth-order valence-corrected chi connectivity index (χ4v) is 1.98. The Bertz CT molecular complexity index is 598. The topological polar surface area (TPSA) is 49.6 Å². The van der Waals surface area contributed by atoms with Crippen LogP contribution in [0.25, 0.3) is 0 Å². The first-order valence-electron chi connectivity index (χ1n) is 7.17. The molecule has 0 spiro atoms. The van der Waals surface area contributed by atoms with Crippen LogP contribution >= 0.6 is 24.0 Å². The largest absolute Gasteiger partial charge is 0.467 e. The molecule has 7 heteroatoms. The van der Waals surface area contributed by atoms with Crippen LogP contribution in [0.1, 0.15) is 18.2 Å². The summed E-state index contributed by atoms with van der Waals surface area (Å²) in [4.78, 5) is 4.37. The SMILES string of the molecule is CCNC(=NCc1ccco1)NCCc1cc(F)cc(F)c1.I. The van der Waals surface area contributed by atoms with Crippen LogP contribution in [-0.2, 0) is 13.0 Å². The molecule has 1 aromatic heterocycles. The van der Waals surface area contributed by atoms with Crippen LogP contribution in [0.3, 0.4) is 0 Å². The predicted octanol–water partition coefficient (Wildman–Crippen LogP) is 3.47. The van der Waals surface area contributed by atoms with Gasteiger partial charge in [0.15, 0.2) is 5.96 Å². The number of guanidine groups is 1. The molecule has 2 rings (SSSR count). The van der Waals surface area contributed by atoms with E-state index in [4.69, 9.17) is 4.42 Å². The van der Waals surface area contributed by atoms with Gasteiger partial charge in [-0.25, -0.2) is 13.8 Å². The molecule has 2 N–H and O–H groups in total. The zero-order chi connectivity index (χ0) is 15.8. The number of nitrogens with zero attached hydrogens (tertiary/aromatic N) is 1. The molecule has 1 aromatic carbocycles. The first-order valence-corrected chi connectivity index (χ1v) is 7.17. The van der Waals surface area contributed by atoms with E-state index in [0.29, 0.717) is 31.0 Å². The summed E-state index contributed by atoms with van der Waals surface area (Å²) in [5.41, 5.74) is 0.604. The summed E-state index contributed by atoms with van der Waals surface area (Å²) in [6.07, 6.45) is 2.10. The molecule has 23 heavy (non-hydrogen) atoms. The zero-order valence-corrected chi connectivity index (χ0v) is 15.1. The van der Waals surface area contributed by atoms with Crippen molar-refractivity contribution in [1.29, 1.82) is 0 Å². The monoisotopic (exact) mass is 435 g/mol. The molecule has 4 nitrogen and oxygen atoms in total. The maximum Gasteiger partial charge on any atom is 0.191 e. The second-order valence-corrected chi connectivity index (χ2v) is 4.73. The lowest BCUT2D eigenvalue weighted by molar-refractivity contribution is 0.512. The third-order valence-electron chi connectivity index (χ3n) is 2.95. The van der Waals surface area contributed by atoms with Gasteiger partial charge >= 0.3 is 0 Å². The van der Waals surface area contributed by atoms with Gasteiger partial charge in [-0.15, -0.1) is 24.0 Å². The average Bonchev–Trinajstić information content (AvgIpc) is 2.97. The molecule has 0 radical (unpaired) electrons. The van der Waals surface area contributed by atoms with Crippen molar-refractivity contribution < 1.29 is 13.2 Å². The van der Waals surface area contributed by atoms with Crippen LogP contribution in [-0.4, -0.2) is 19.0 Å². The van der Waals surface area contributed by atoms with Crippen molar-refractivity contribution in [2.75, 3.05) is 13.1 Å². The van der Waals surface area contributed by atoms with Gasteiger partial charge in [-0.2, -0.15) is 0 Å². The van der Waals surface area contributed by atoms with Gasteiger partial charge in [0.2, 0.25) is 0 Å². The number of hydrogen-bond donors (Lipinski definition) is 2. The van der Waals surface area contributed by atoms with E-state index in [0.717, 1.165) is 18.4 Å². The van der Waals surface area contributed by atoms with Crippen LogP contribution in [0.15, 0.2) is 46.0 Å². The van der Waals surface area contributed by atoms with Crippen molar-refractivity contribution in [3.8, 4) is 0 Å². The average molecular weight is 435 g/mol. The lowest BCUT2D eigenvalue weighted by atomic mass is 10.1. The number of benzene rings is 1. The maximum atomic E-state index is 13.1. The van der Waals surface area contributed by atoms with E-state index in [1.165, 1.54) is 12.1 Å². The molecule has 126 valence electrons. The summed E-state index contributed by atoms with van der Waals surface area (Å²) in [5, 5.41) is 6.23. The Morgan fingerprint density at radius 2 is 1.91 bits per heavy atom. The Hall–Kier alpha value is -1.64. The van der Waals surface area contributed by atoms with E-state index in [1.54, 1.807) is 6.26 Å². The van der Waals surface area contributed by atoms with Crippen LogP contribution < -0.4 is 10.6 Å². The Morgan fingerprint density at radius 1 is 1.17 bits per heavy atom. The van der Waals surface area contributed by atoms with Crippen molar-refractivity contribution in [2.24, 2.45) is 4.99 Å². The van der Waals surface area contributed by atoms with E-state index in [9.17, 15) is 8.78 Å². The fourth-order valence-electron chi connectivity index (χ4n) is 1.98. The molecule has 0 saturated heterocycles. The standard InChI is InChI=1S/C16H19F2N3O.HI/c1-2-19-16(21-11-15-4-3-7-22-15)20-6-5-12-8-13(17)10-14(18)9-12;/h3-4,7-10H,2,5-6,11H2,1H3,(H2,19,20,21);1H. The molecular formula is C16H20F2IN3O. The number of nitrogens with one attached hydrogen (secondary N) is 2. The highest BCUT2D eigenvalue weighted by Crippen LogP contribution is 2.08. The molecule has 0 unspecified atom stereocenters. The highest BCUT2D eigenvalue weighted by molar-refractivity contribution is 14.0. The second-order valence-electron chi connectivity index (χ2n) is 4.73. The van der Waals surface area contributed by atoms with E-state index in [2.05, 4.69) is 15.6 Å². The lowest BCUT2D eigenvalue weighted by Crippen LogP contribution is -2.38. The molecule has 0 saturated carbocycles. The molecule has 0 bridgehead atoms. The molecule has 0 aliphatic rings. The third-order valence-corrected chi connectivity index (χ3v) is 2.95. The predicted molar refractivity (Wildman–Crippen MR) is 97.0 cm³/mol. The highest BCUT2D eigenvalue weighted by Gasteiger charge is 2.02. The van der Waals surface area contributed by atoms with Crippen molar-refractivity contribution in [3.05, 3.63) is 59.6 Å². The minimum atomic E-state index is -0.562. The summed E-state index contributed by atoms with van der Waals surface area (Å²) in [7, 11) is 0. The van der Waals surface area contributed by atoms with E-state index in [-0.39, 0.29) is 24.0 Å². The van der Waals surface area contributed by atoms with E-state index < -0.39 is 11.6 Å². The quantitative estimate of drug-likeness (QED) is 0.415. The number of furan rings is 1. The molecule has 0 amide bonds. The Morgan fingerprint density at radius 3 is 2.52 bits per heavy atom. The first-order chi connectivity index (χ1) is 10.7. The third kappa shape index (κ3) is 6.98. The number of aliphatic imine (C=N–C) groups is 1. The molecule has 0 fully saturated rings. The molecule has 1 heterocycles. The Labute approximate surface area is 151 Å². The Balaban J connectivity index is 0.00000264. The first kappa shape index (κ1) is 19.4. The number of hydrogen-bond acceptors (Lipinski definition) is 2. The van der Waals surface area contributed by atoms with Crippen molar-refractivity contribution in [1.82, 2.24) is 10.6 Å². The molecule has 2 aromatic rings. The number of rotatable bonds is 6. The molecule has 0 aliphatic carbocycles. The van der Waals surface area contributed by atoms with Gasteiger partial charge < -0.3 is 15.1 Å². The summed E-state index contributed by atoms with van der Waals surface area (Å²) in [5.74, 6) is 0.280. The summed E-state index contributed by atoms with van der Waals surface area (Å²) >= 11 is 0. The normalized spacial score (nSPS) is 11.0. The molecule has 0 atom stereocenters. The van der Waals surface area contributed by atoms with Gasteiger partial charge in [0.1, 0.15) is 23.9 Å². The fraction of sp³-hybridized carbons (Fsp3) is 0.312. The van der Waals surface area contributed by atoms with Crippen LogP contribution in [0, 0.1) is 11.6 Å². The van der Waals surface area contributed by atoms with Gasteiger partial charge in [0.05, 0.1) is 6.26 Å². The summed E-state index contributed by atoms with van der Waals surface area (Å²) in [6.45, 7) is 3.63. The second kappa shape index (κ2) is 10.2. The van der Waals surface area contributed by atoms with Crippen molar-refractivity contribution in [2.45, 2.75) is 19.9 Å². The zero-order valence-electron chi connectivity index (χ0n) is 12.8. The lowest BCUT2D eigenvalue weighted by Gasteiger charge is -2.11. The van der Waals surface area contributed by atoms with E-state index in [1.807, 2.05) is 19.1 Å².